The summed E-state index contributed by atoms with van der Waals surface area (Å²) in [7, 11) is 0. The summed E-state index contributed by atoms with van der Waals surface area (Å²) in [6.07, 6.45) is -0.434. The van der Waals surface area contributed by atoms with Crippen molar-refractivity contribution in [2.24, 2.45) is 10.8 Å². The lowest BCUT2D eigenvalue weighted by Crippen LogP contribution is -2.35. The van der Waals surface area contributed by atoms with Crippen LogP contribution in [0, 0.1) is 52.4 Å². The summed E-state index contributed by atoms with van der Waals surface area (Å²) in [5.74, 6) is -0.967. The molecule has 0 radical (unpaired) electrons. The van der Waals surface area contributed by atoms with Crippen molar-refractivity contribution >= 4 is 11.8 Å². The number of Topliss-reactive ketones (excluding diaryl/α,β-unsaturated/α-hetero) is 1. The van der Waals surface area contributed by atoms with Gasteiger partial charge in [0.15, 0.2) is 0 Å². The Hall–Kier alpha value is -2.50. The van der Waals surface area contributed by atoms with Crippen LogP contribution in [0.5, 0.6) is 5.75 Å². The maximum Gasteiger partial charge on any atom is 0.385 e. The number of esters is 1. The van der Waals surface area contributed by atoms with E-state index in [9.17, 15) is 19.8 Å². The fourth-order valence-corrected chi connectivity index (χ4v) is 4.03. The Kier molecular flexibility index (Phi) is 10.6. The molecular formula is C31H46O5. The summed E-state index contributed by atoms with van der Waals surface area (Å²) in [5.41, 5.74) is 5.58. The van der Waals surface area contributed by atoms with E-state index in [0.717, 1.165) is 33.4 Å². The van der Waals surface area contributed by atoms with Crippen LogP contribution in [0.15, 0.2) is 24.3 Å². The first kappa shape index (κ1) is 31.5. The molecule has 0 aromatic heterocycles. The number of aliphatic hydroxyl groups is 2. The molecule has 0 fully saturated rings. The summed E-state index contributed by atoms with van der Waals surface area (Å²) in [6.45, 7) is 23.2. The van der Waals surface area contributed by atoms with Crippen molar-refractivity contribution in [2.45, 2.75) is 102 Å². The smallest absolute Gasteiger partial charge is 0.385 e. The fourth-order valence-electron chi connectivity index (χ4n) is 4.03. The zero-order valence-corrected chi connectivity index (χ0v) is 24.3. The third-order valence-electron chi connectivity index (χ3n) is 6.33. The van der Waals surface area contributed by atoms with Crippen LogP contribution in [0.4, 0.5) is 0 Å². The van der Waals surface area contributed by atoms with Crippen molar-refractivity contribution in [2.75, 3.05) is 0 Å². The second-order valence-electron chi connectivity index (χ2n) is 12.2. The summed E-state index contributed by atoms with van der Waals surface area (Å²) in [6, 6.07) is 7.66. The number of ether oxygens (including phenoxy) is 1. The molecule has 5 nitrogen and oxygen atoms in total. The van der Waals surface area contributed by atoms with Gasteiger partial charge in [0.25, 0.3) is 5.78 Å². The molecule has 5 heteroatoms. The monoisotopic (exact) mass is 498 g/mol. The second kappa shape index (κ2) is 12.2. The van der Waals surface area contributed by atoms with Crippen molar-refractivity contribution in [3.8, 4) is 5.75 Å². The standard InChI is InChI=1S/C20H22O3.C11H24O2/c1-11-7-13(3)17(14(4)8-11)18(21)20(22)23-19-15(5)9-12(2)10-16(19)6;1-10(2,3)8(12)7-9(13)11(4,5)6/h7-10H,1-6H3;8-9,12-13H,7H2,1-6H3. The Morgan fingerprint density at radius 3 is 1.36 bits per heavy atom. The number of hydrogen-bond acceptors (Lipinski definition) is 5. The van der Waals surface area contributed by atoms with Gasteiger partial charge in [-0.05, 0) is 74.6 Å². The van der Waals surface area contributed by atoms with Gasteiger partial charge in [-0.15, -0.1) is 0 Å². The SMILES string of the molecule is CC(C)(C)C(O)CC(O)C(C)(C)C.Cc1cc(C)c(OC(=O)C(=O)c2c(C)cc(C)cc2C)c(C)c1. The number of carbonyl (C=O) groups excluding carboxylic acids is 2. The highest BCUT2D eigenvalue weighted by Gasteiger charge is 2.30. The number of rotatable bonds is 5. The predicted octanol–water partition coefficient (Wildman–Crippen LogP) is 6.52. The van der Waals surface area contributed by atoms with E-state index in [1.165, 1.54) is 0 Å². The van der Waals surface area contributed by atoms with Crippen LogP contribution in [0.2, 0.25) is 0 Å². The predicted molar refractivity (Wildman–Crippen MR) is 147 cm³/mol. The lowest BCUT2D eigenvalue weighted by molar-refractivity contribution is -0.129. The van der Waals surface area contributed by atoms with Gasteiger partial charge in [0.2, 0.25) is 0 Å². The first-order chi connectivity index (χ1) is 16.2. The van der Waals surface area contributed by atoms with Crippen molar-refractivity contribution in [1.82, 2.24) is 0 Å². The highest BCUT2D eigenvalue weighted by atomic mass is 16.5. The number of benzene rings is 2. The number of aryl methyl sites for hydroxylation is 6. The quantitative estimate of drug-likeness (QED) is 0.212. The Balaban J connectivity index is 0.000000426. The maximum absolute atomic E-state index is 12.5. The van der Waals surface area contributed by atoms with Gasteiger partial charge in [0, 0.05) is 12.0 Å². The average Bonchev–Trinajstić information content (AvgIpc) is 2.68. The van der Waals surface area contributed by atoms with E-state index in [1.54, 1.807) is 0 Å². The van der Waals surface area contributed by atoms with Crippen molar-refractivity contribution < 1.29 is 24.5 Å². The summed E-state index contributed by atoms with van der Waals surface area (Å²) >= 11 is 0. The van der Waals surface area contributed by atoms with Crippen LogP contribution in [-0.4, -0.2) is 34.2 Å². The van der Waals surface area contributed by atoms with Gasteiger partial charge in [-0.2, -0.15) is 0 Å². The van der Waals surface area contributed by atoms with Crippen LogP contribution < -0.4 is 4.74 Å². The van der Waals surface area contributed by atoms with E-state index in [-0.39, 0.29) is 10.8 Å². The molecule has 0 aliphatic carbocycles. The normalized spacial score (nSPS) is 13.4. The van der Waals surface area contributed by atoms with Crippen molar-refractivity contribution in [3.63, 3.8) is 0 Å². The average molecular weight is 499 g/mol. The molecule has 0 saturated heterocycles. The molecule has 0 amide bonds. The first-order valence-corrected chi connectivity index (χ1v) is 12.5. The van der Waals surface area contributed by atoms with Gasteiger partial charge >= 0.3 is 5.97 Å². The van der Waals surface area contributed by atoms with Gasteiger partial charge in [-0.1, -0.05) is 76.9 Å². The zero-order chi connectivity index (χ0) is 28.2. The molecule has 2 N–H and O–H groups in total. The van der Waals surface area contributed by atoms with E-state index in [0.29, 0.717) is 17.7 Å². The van der Waals surface area contributed by atoms with Crippen LogP contribution in [0.3, 0.4) is 0 Å². The Morgan fingerprint density at radius 2 is 1.03 bits per heavy atom. The molecule has 0 bridgehead atoms. The van der Waals surface area contributed by atoms with E-state index >= 15 is 0 Å². The highest BCUT2D eigenvalue weighted by Crippen LogP contribution is 2.29. The van der Waals surface area contributed by atoms with E-state index < -0.39 is 24.0 Å². The van der Waals surface area contributed by atoms with Crippen LogP contribution in [-0.2, 0) is 4.79 Å². The third-order valence-corrected chi connectivity index (χ3v) is 6.33. The first-order valence-electron chi connectivity index (χ1n) is 12.5. The second-order valence-corrected chi connectivity index (χ2v) is 12.2. The lowest BCUT2D eigenvalue weighted by Gasteiger charge is -2.32. The van der Waals surface area contributed by atoms with Crippen LogP contribution in [0.1, 0.15) is 91.7 Å². The molecule has 0 aliphatic heterocycles. The molecular weight excluding hydrogens is 452 g/mol. The topological polar surface area (TPSA) is 83.8 Å². The molecule has 0 aliphatic rings. The van der Waals surface area contributed by atoms with Gasteiger partial charge in [-0.25, -0.2) is 4.79 Å². The van der Waals surface area contributed by atoms with Gasteiger partial charge in [0.1, 0.15) is 5.75 Å². The summed E-state index contributed by atoms with van der Waals surface area (Å²) < 4.78 is 5.40. The van der Waals surface area contributed by atoms with E-state index in [4.69, 9.17) is 4.74 Å². The molecule has 2 unspecified atom stereocenters. The highest BCUT2D eigenvalue weighted by molar-refractivity contribution is 6.41. The minimum Gasteiger partial charge on any atom is -0.420 e. The Labute approximate surface area is 217 Å². The van der Waals surface area contributed by atoms with Crippen LogP contribution in [0.25, 0.3) is 0 Å². The van der Waals surface area contributed by atoms with Crippen molar-refractivity contribution in [3.05, 3.63) is 63.2 Å². The number of hydrogen-bond donors (Lipinski definition) is 2. The molecule has 2 aromatic carbocycles. The molecule has 2 aromatic rings. The Bertz CT molecular complexity index is 1020. The van der Waals surface area contributed by atoms with Gasteiger partial charge in [-0.3, -0.25) is 4.79 Å². The van der Waals surface area contributed by atoms with Crippen LogP contribution >= 0.6 is 0 Å². The summed E-state index contributed by atoms with van der Waals surface area (Å²) in [5, 5.41) is 19.5. The molecule has 200 valence electrons. The van der Waals surface area contributed by atoms with E-state index in [1.807, 2.05) is 107 Å². The number of aliphatic hydroxyl groups excluding tert-OH is 2. The fraction of sp³-hybridized carbons (Fsp3) is 0.548. The molecule has 0 spiro atoms. The van der Waals surface area contributed by atoms with Gasteiger partial charge in [0.05, 0.1) is 12.2 Å². The maximum atomic E-state index is 12.5. The molecule has 0 saturated carbocycles. The molecule has 0 heterocycles. The number of ketones is 1. The number of carbonyl (C=O) groups is 2. The Morgan fingerprint density at radius 1 is 0.694 bits per heavy atom. The summed E-state index contributed by atoms with van der Waals surface area (Å²) in [4.78, 5) is 24.8. The van der Waals surface area contributed by atoms with Gasteiger partial charge < -0.3 is 14.9 Å². The molecule has 2 atom stereocenters. The lowest BCUT2D eigenvalue weighted by atomic mass is 9.79. The van der Waals surface area contributed by atoms with E-state index in [2.05, 4.69) is 0 Å². The molecule has 36 heavy (non-hydrogen) atoms. The minimum atomic E-state index is -0.838. The minimum absolute atomic E-state index is 0.147. The largest absolute Gasteiger partial charge is 0.420 e. The molecule has 2 rings (SSSR count). The van der Waals surface area contributed by atoms with Crippen molar-refractivity contribution in [1.29, 1.82) is 0 Å². The third kappa shape index (κ3) is 8.86. The zero-order valence-electron chi connectivity index (χ0n) is 24.3.